The van der Waals surface area contributed by atoms with Gasteiger partial charge in [-0.25, -0.2) is 0 Å². The number of rotatable bonds is 3. The summed E-state index contributed by atoms with van der Waals surface area (Å²) in [5.41, 5.74) is 8.28. The molecule has 1 aliphatic rings. The van der Waals surface area contributed by atoms with Crippen molar-refractivity contribution in [2.45, 2.75) is 18.9 Å². The molecule has 0 spiro atoms. The number of benzene rings is 3. The van der Waals surface area contributed by atoms with Gasteiger partial charge in [0.1, 0.15) is 6.04 Å². The van der Waals surface area contributed by atoms with E-state index in [0.29, 0.717) is 6.42 Å². The van der Waals surface area contributed by atoms with Gasteiger partial charge in [0, 0.05) is 12.1 Å². The van der Waals surface area contributed by atoms with E-state index in [0.717, 1.165) is 27.6 Å². The minimum absolute atomic E-state index is 0.106. The second kappa shape index (κ2) is 6.06. The zero-order chi connectivity index (χ0) is 17.4. The zero-order valence-electron chi connectivity index (χ0n) is 13.7. The normalized spacial score (nSPS) is 16.0. The summed E-state index contributed by atoms with van der Waals surface area (Å²) in [7, 11) is 0. The fourth-order valence-corrected chi connectivity index (χ4v) is 3.62. The first-order valence-electron chi connectivity index (χ1n) is 8.31. The lowest BCUT2D eigenvalue weighted by molar-refractivity contribution is -0.124. The molecule has 2 N–H and O–H groups in total. The predicted molar refractivity (Wildman–Crippen MR) is 98.3 cm³/mol. The molecule has 2 amide bonds. The van der Waals surface area contributed by atoms with E-state index in [2.05, 4.69) is 0 Å². The average molecular weight is 330 g/mol. The van der Waals surface area contributed by atoms with Crippen molar-refractivity contribution in [1.29, 1.82) is 0 Å². The second-order valence-electron chi connectivity index (χ2n) is 6.33. The Morgan fingerprint density at radius 1 is 0.960 bits per heavy atom. The van der Waals surface area contributed by atoms with Gasteiger partial charge in [-0.1, -0.05) is 60.7 Å². The van der Waals surface area contributed by atoms with E-state index >= 15 is 0 Å². The first-order valence-corrected chi connectivity index (χ1v) is 8.31. The molecular formula is C21H18N2O2. The lowest BCUT2D eigenvalue weighted by atomic mass is 10.0. The summed E-state index contributed by atoms with van der Waals surface area (Å²) in [5.74, 6) is -0.576. The number of hydrogen-bond donors (Lipinski definition) is 1. The molecule has 0 radical (unpaired) electrons. The third-order valence-corrected chi connectivity index (χ3v) is 4.79. The Morgan fingerprint density at radius 3 is 2.52 bits per heavy atom. The monoisotopic (exact) mass is 330 g/mol. The molecule has 1 aliphatic heterocycles. The number of nitrogens with zero attached hydrogens (tertiary/aromatic N) is 1. The number of fused-ring (bicyclic) bond motifs is 2. The molecule has 4 heteroatoms. The van der Waals surface area contributed by atoms with Gasteiger partial charge in [-0.05, 0) is 28.0 Å². The summed E-state index contributed by atoms with van der Waals surface area (Å²) in [6, 6.07) is 20.9. The summed E-state index contributed by atoms with van der Waals surface area (Å²) in [6.45, 7) is 0. The van der Waals surface area contributed by atoms with Gasteiger partial charge in [0.2, 0.25) is 11.8 Å². The Balaban J connectivity index is 1.71. The summed E-state index contributed by atoms with van der Waals surface area (Å²) in [5, 5.41) is 2.16. The smallest absolute Gasteiger partial charge is 0.240 e. The van der Waals surface area contributed by atoms with Gasteiger partial charge < -0.3 is 5.73 Å². The molecule has 124 valence electrons. The number of para-hydroxylation sites is 1. The third-order valence-electron chi connectivity index (χ3n) is 4.79. The second-order valence-corrected chi connectivity index (χ2v) is 6.33. The van der Waals surface area contributed by atoms with Crippen molar-refractivity contribution in [1.82, 2.24) is 0 Å². The molecule has 25 heavy (non-hydrogen) atoms. The lowest BCUT2D eigenvalue weighted by Gasteiger charge is -2.23. The van der Waals surface area contributed by atoms with Crippen molar-refractivity contribution < 1.29 is 9.59 Å². The lowest BCUT2D eigenvalue weighted by Crippen LogP contribution is -2.46. The van der Waals surface area contributed by atoms with Crippen molar-refractivity contribution in [3.05, 3.63) is 77.9 Å². The highest BCUT2D eigenvalue weighted by atomic mass is 16.2. The first-order chi connectivity index (χ1) is 12.1. The van der Waals surface area contributed by atoms with E-state index in [-0.39, 0.29) is 12.3 Å². The SMILES string of the molecule is NC(=O)[C@@H]1Cc2ccccc2N1C(=O)Cc1cccc2ccccc12. The molecule has 0 bridgehead atoms. The molecule has 0 fully saturated rings. The van der Waals surface area contributed by atoms with Crippen LogP contribution in [-0.4, -0.2) is 17.9 Å². The van der Waals surface area contributed by atoms with E-state index in [1.807, 2.05) is 66.7 Å². The molecule has 0 unspecified atom stereocenters. The van der Waals surface area contributed by atoms with Gasteiger partial charge in [0.05, 0.1) is 6.42 Å². The van der Waals surface area contributed by atoms with Crippen LogP contribution in [0, 0.1) is 0 Å². The van der Waals surface area contributed by atoms with Crippen molar-refractivity contribution in [3.8, 4) is 0 Å². The molecule has 0 saturated carbocycles. The maximum Gasteiger partial charge on any atom is 0.240 e. The van der Waals surface area contributed by atoms with Crippen LogP contribution < -0.4 is 10.6 Å². The van der Waals surface area contributed by atoms with Crippen molar-refractivity contribution in [3.63, 3.8) is 0 Å². The molecule has 3 aromatic carbocycles. The van der Waals surface area contributed by atoms with Gasteiger partial charge in [-0.15, -0.1) is 0 Å². The van der Waals surface area contributed by atoms with Crippen LogP contribution in [0.5, 0.6) is 0 Å². The molecule has 3 aromatic rings. The minimum Gasteiger partial charge on any atom is -0.368 e. The van der Waals surface area contributed by atoms with Gasteiger partial charge in [-0.2, -0.15) is 0 Å². The number of anilines is 1. The molecule has 1 heterocycles. The van der Waals surface area contributed by atoms with Crippen LogP contribution in [0.2, 0.25) is 0 Å². The molecule has 4 nitrogen and oxygen atoms in total. The van der Waals surface area contributed by atoms with Gasteiger partial charge in [0.25, 0.3) is 0 Å². The van der Waals surface area contributed by atoms with E-state index in [1.165, 1.54) is 0 Å². The first kappa shape index (κ1) is 15.4. The van der Waals surface area contributed by atoms with Crippen LogP contribution in [0.4, 0.5) is 5.69 Å². The minimum atomic E-state index is -0.611. The highest BCUT2D eigenvalue weighted by Crippen LogP contribution is 2.33. The van der Waals surface area contributed by atoms with Crippen molar-refractivity contribution in [2.24, 2.45) is 5.73 Å². The van der Waals surface area contributed by atoms with Gasteiger partial charge in [-0.3, -0.25) is 14.5 Å². The van der Waals surface area contributed by atoms with Crippen LogP contribution >= 0.6 is 0 Å². The van der Waals surface area contributed by atoms with E-state index in [1.54, 1.807) is 4.90 Å². The molecule has 1 atom stereocenters. The number of hydrogen-bond acceptors (Lipinski definition) is 2. The Bertz CT molecular complexity index is 975. The number of carbonyl (C=O) groups excluding carboxylic acids is 2. The largest absolute Gasteiger partial charge is 0.368 e. The van der Waals surface area contributed by atoms with E-state index in [4.69, 9.17) is 5.73 Å². The standard InChI is InChI=1S/C21H18N2O2/c22-21(25)19-12-16-7-2-4-11-18(16)23(19)20(24)13-15-9-5-8-14-6-1-3-10-17(14)15/h1-11,19H,12-13H2,(H2,22,25)/t19-/m0/s1. The zero-order valence-corrected chi connectivity index (χ0v) is 13.7. The van der Waals surface area contributed by atoms with Crippen molar-refractivity contribution in [2.75, 3.05) is 4.90 Å². The maximum atomic E-state index is 13.1. The van der Waals surface area contributed by atoms with E-state index in [9.17, 15) is 9.59 Å². The highest BCUT2D eigenvalue weighted by molar-refractivity contribution is 6.05. The summed E-state index contributed by atoms with van der Waals surface area (Å²) < 4.78 is 0. The van der Waals surface area contributed by atoms with Gasteiger partial charge in [0.15, 0.2) is 0 Å². The number of carbonyl (C=O) groups is 2. The predicted octanol–water partition coefficient (Wildman–Crippen LogP) is 2.83. The van der Waals surface area contributed by atoms with Crippen LogP contribution in [0.25, 0.3) is 10.8 Å². The molecule has 0 aromatic heterocycles. The Morgan fingerprint density at radius 2 is 1.68 bits per heavy atom. The van der Waals surface area contributed by atoms with Crippen LogP contribution in [0.1, 0.15) is 11.1 Å². The third kappa shape index (κ3) is 2.66. The van der Waals surface area contributed by atoms with Crippen LogP contribution in [0.3, 0.4) is 0 Å². The maximum absolute atomic E-state index is 13.1. The number of primary amides is 1. The highest BCUT2D eigenvalue weighted by Gasteiger charge is 2.36. The number of nitrogens with two attached hydrogens (primary N) is 1. The van der Waals surface area contributed by atoms with Crippen molar-refractivity contribution >= 4 is 28.3 Å². The Hall–Kier alpha value is -3.14. The van der Waals surface area contributed by atoms with E-state index < -0.39 is 11.9 Å². The van der Waals surface area contributed by atoms with Crippen LogP contribution in [0.15, 0.2) is 66.7 Å². The molecule has 4 rings (SSSR count). The summed E-state index contributed by atoms with van der Waals surface area (Å²) in [4.78, 5) is 26.5. The Kier molecular flexibility index (Phi) is 3.73. The summed E-state index contributed by atoms with van der Waals surface area (Å²) >= 11 is 0. The fourth-order valence-electron chi connectivity index (χ4n) is 3.62. The molecular weight excluding hydrogens is 312 g/mol. The van der Waals surface area contributed by atoms with Gasteiger partial charge >= 0.3 is 0 Å². The average Bonchev–Trinajstić information content (AvgIpc) is 3.02. The Labute approximate surface area is 145 Å². The number of amides is 2. The quantitative estimate of drug-likeness (QED) is 0.802. The van der Waals surface area contributed by atoms with Crippen LogP contribution in [-0.2, 0) is 22.4 Å². The fraction of sp³-hybridized carbons (Fsp3) is 0.143. The topological polar surface area (TPSA) is 63.4 Å². The molecule has 0 aliphatic carbocycles. The molecule has 0 saturated heterocycles. The summed E-state index contributed by atoms with van der Waals surface area (Å²) in [6.07, 6.45) is 0.715.